The Bertz CT molecular complexity index is 1140. The number of aromatic nitrogens is 2. The monoisotopic (exact) mass is 421 g/mol. The minimum Gasteiger partial charge on any atom is -0.450 e. The molecular formula is C22H23N5O4. The van der Waals surface area contributed by atoms with Crippen LogP contribution in [-0.4, -0.2) is 34.9 Å². The van der Waals surface area contributed by atoms with Crippen LogP contribution in [0, 0.1) is 0 Å². The van der Waals surface area contributed by atoms with Crippen molar-refractivity contribution in [1.82, 2.24) is 9.78 Å². The van der Waals surface area contributed by atoms with E-state index < -0.39 is 6.09 Å². The van der Waals surface area contributed by atoms with Gasteiger partial charge in [0.05, 0.1) is 25.4 Å². The highest BCUT2D eigenvalue weighted by Crippen LogP contribution is 2.20. The first kappa shape index (κ1) is 21.7. The van der Waals surface area contributed by atoms with Gasteiger partial charge in [-0.15, -0.1) is 0 Å². The highest BCUT2D eigenvalue weighted by Gasteiger charge is 2.08. The van der Waals surface area contributed by atoms with Gasteiger partial charge in [-0.1, -0.05) is 24.3 Å². The molecule has 0 spiro atoms. The van der Waals surface area contributed by atoms with E-state index in [2.05, 4.69) is 15.7 Å². The van der Waals surface area contributed by atoms with Gasteiger partial charge in [0.1, 0.15) is 0 Å². The third kappa shape index (κ3) is 6.00. The number of anilines is 2. The Balaban J connectivity index is 1.83. The molecule has 0 atom stereocenters. The molecule has 1 aromatic heterocycles. The van der Waals surface area contributed by atoms with Crippen molar-refractivity contribution in [2.75, 3.05) is 23.8 Å². The lowest BCUT2D eigenvalue weighted by Gasteiger charge is -2.10. The predicted octanol–water partition coefficient (Wildman–Crippen LogP) is 2.42. The van der Waals surface area contributed by atoms with Gasteiger partial charge in [-0.05, 0) is 42.8 Å². The van der Waals surface area contributed by atoms with Crippen LogP contribution in [0.15, 0.2) is 65.5 Å². The largest absolute Gasteiger partial charge is 0.450 e. The second-order valence-electron chi connectivity index (χ2n) is 6.59. The van der Waals surface area contributed by atoms with Crippen molar-refractivity contribution >= 4 is 23.4 Å². The number of nitrogens with two attached hydrogens (primary N) is 1. The van der Waals surface area contributed by atoms with Gasteiger partial charge in [0.2, 0.25) is 5.91 Å². The molecule has 9 nitrogen and oxygen atoms in total. The number of carbonyl (C=O) groups excluding carboxylic acids is 2. The van der Waals surface area contributed by atoms with Crippen LogP contribution >= 0.6 is 0 Å². The molecule has 3 aromatic rings. The lowest BCUT2D eigenvalue weighted by Crippen LogP contribution is -2.23. The average molecular weight is 421 g/mol. The molecule has 4 N–H and O–H groups in total. The number of ether oxygens (including phenoxy) is 1. The third-order valence-electron chi connectivity index (χ3n) is 4.28. The normalized spacial score (nSPS) is 10.4. The summed E-state index contributed by atoms with van der Waals surface area (Å²) in [4.78, 5) is 35.5. The van der Waals surface area contributed by atoms with Gasteiger partial charge in [0.15, 0.2) is 0 Å². The Morgan fingerprint density at radius 3 is 2.52 bits per heavy atom. The van der Waals surface area contributed by atoms with Crippen molar-refractivity contribution in [3.8, 4) is 11.3 Å². The Kier molecular flexibility index (Phi) is 7.13. The van der Waals surface area contributed by atoms with Crippen molar-refractivity contribution in [2.24, 2.45) is 5.73 Å². The first-order valence-electron chi connectivity index (χ1n) is 9.69. The lowest BCUT2D eigenvalue weighted by molar-refractivity contribution is -0.114. The van der Waals surface area contributed by atoms with E-state index in [4.69, 9.17) is 10.5 Å². The van der Waals surface area contributed by atoms with Crippen LogP contribution in [0.5, 0.6) is 0 Å². The number of carbonyl (C=O) groups is 2. The number of amides is 2. The predicted molar refractivity (Wildman–Crippen MR) is 118 cm³/mol. The van der Waals surface area contributed by atoms with Crippen LogP contribution in [0.2, 0.25) is 0 Å². The molecule has 2 amide bonds. The minimum atomic E-state index is -0.543. The maximum absolute atomic E-state index is 12.3. The SMILES string of the molecule is CCOC(=O)Nc1cccc(Cn2nc(-c3cccc(NC(=O)CN)c3)ccc2=O)c1. The standard InChI is InChI=1S/C22H23N5O4/c1-2-31-22(30)25-17-7-3-5-15(11-17)14-27-21(29)10-9-19(26-27)16-6-4-8-18(12-16)24-20(28)13-23/h3-12H,2,13-14,23H2,1H3,(H,24,28)(H,25,30). The molecule has 1 heterocycles. The molecule has 0 aliphatic rings. The zero-order chi connectivity index (χ0) is 22.2. The van der Waals surface area contributed by atoms with Crippen molar-refractivity contribution in [3.05, 3.63) is 76.6 Å². The summed E-state index contributed by atoms with van der Waals surface area (Å²) >= 11 is 0. The molecule has 0 aliphatic heterocycles. The maximum Gasteiger partial charge on any atom is 0.411 e. The molecule has 0 aliphatic carbocycles. The van der Waals surface area contributed by atoms with Gasteiger partial charge >= 0.3 is 6.09 Å². The van der Waals surface area contributed by atoms with E-state index in [1.807, 2.05) is 12.1 Å². The van der Waals surface area contributed by atoms with Crippen LogP contribution in [0.25, 0.3) is 11.3 Å². The van der Waals surface area contributed by atoms with Gasteiger partial charge in [0.25, 0.3) is 5.56 Å². The molecule has 0 saturated heterocycles. The molecule has 160 valence electrons. The molecule has 31 heavy (non-hydrogen) atoms. The van der Waals surface area contributed by atoms with Gasteiger partial charge in [-0.25, -0.2) is 9.48 Å². The van der Waals surface area contributed by atoms with Crippen molar-refractivity contribution in [1.29, 1.82) is 0 Å². The fraction of sp³-hybridized carbons (Fsp3) is 0.182. The van der Waals surface area contributed by atoms with Crippen LogP contribution in [0.3, 0.4) is 0 Å². The van der Waals surface area contributed by atoms with Crippen LogP contribution in [0.4, 0.5) is 16.2 Å². The van der Waals surface area contributed by atoms with Crippen LogP contribution in [-0.2, 0) is 16.1 Å². The average Bonchev–Trinajstić information content (AvgIpc) is 2.76. The first-order valence-corrected chi connectivity index (χ1v) is 9.69. The van der Waals surface area contributed by atoms with Gasteiger partial charge in [0, 0.05) is 23.0 Å². The Labute approximate surface area is 178 Å². The lowest BCUT2D eigenvalue weighted by atomic mass is 10.1. The number of nitrogens with zero attached hydrogens (tertiary/aromatic N) is 2. The number of hydrogen-bond acceptors (Lipinski definition) is 6. The van der Waals surface area contributed by atoms with E-state index >= 15 is 0 Å². The summed E-state index contributed by atoms with van der Waals surface area (Å²) in [5.41, 5.74) is 8.31. The second kappa shape index (κ2) is 10.2. The molecule has 0 radical (unpaired) electrons. The molecule has 2 aromatic carbocycles. The molecular weight excluding hydrogens is 398 g/mol. The maximum atomic E-state index is 12.3. The van der Waals surface area contributed by atoms with E-state index in [-0.39, 0.29) is 31.2 Å². The number of nitrogens with one attached hydrogen (secondary N) is 2. The summed E-state index contributed by atoms with van der Waals surface area (Å²) in [6, 6.07) is 17.3. The molecule has 3 rings (SSSR count). The Morgan fingerprint density at radius 2 is 1.77 bits per heavy atom. The highest BCUT2D eigenvalue weighted by molar-refractivity contribution is 5.92. The summed E-state index contributed by atoms with van der Waals surface area (Å²) < 4.78 is 6.22. The zero-order valence-electron chi connectivity index (χ0n) is 17.0. The van der Waals surface area contributed by atoms with Crippen molar-refractivity contribution in [2.45, 2.75) is 13.5 Å². The minimum absolute atomic E-state index is 0.114. The Hall–Kier alpha value is -3.98. The summed E-state index contributed by atoms with van der Waals surface area (Å²) in [7, 11) is 0. The number of hydrogen-bond donors (Lipinski definition) is 3. The van der Waals surface area contributed by atoms with Gasteiger partial charge in [-0.3, -0.25) is 14.9 Å². The van der Waals surface area contributed by atoms with E-state index in [0.717, 1.165) is 11.1 Å². The summed E-state index contributed by atoms with van der Waals surface area (Å²) in [6.07, 6.45) is -0.543. The van der Waals surface area contributed by atoms with Gasteiger partial charge < -0.3 is 15.8 Å². The smallest absolute Gasteiger partial charge is 0.411 e. The van der Waals surface area contributed by atoms with Gasteiger partial charge in [-0.2, -0.15) is 5.10 Å². The first-order chi connectivity index (χ1) is 15.0. The summed E-state index contributed by atoms with van der Waals surface area (Å²) in [5, 5.41) is 9.78. The van der Waals surface area contributed by atoms with E-state index in [1.165, 1.54) is 10.7 Å². The number of benzene rings is 2. The van der Waals surface area contributed by atoms with E-state index in [0.29, 0.717) is 17.1 Å². The zero-order valence-corrected chi connectivity index (χ0v) is 17.0. The second-order valence-corrected chi connectivity index (χ2v) is 6.59. The van der Waals surface area contributed by atoms with Crippen LogP contribution < -0.4 is 21.9 Å². The topological polar surface area (TPSA) is 128 Å². The molecule has 0 unspecified atom stereocenters. The quantitative estimate of drug-likeness (QED) is 0.537. The molecule has 0 bridgehead atoms. The van der Waals surface area contributed by atoms with Crippen molar-refractivity contribution in [3.63, 3.8) is 0 Å². The fourth-order valence-corrected chi connectivity index (χ4v) is 2.89. The molecule has 0 saturated carbocycles. The molecule has 9 heteroatoms. The summed E-state index contributed by atoms with van der Waals surface area (Å²) in [5.74, 6) is -0.300. The molecule has 0 fully saturated rings. The fourth-order valence-electron chi connectivity index (χ4n) is 2.89. The number of rotatable bonds is 7. The van der Waals surface area contributed by atoms with Crippen molar-refractivity contribution < 1.29 is 14.3 Å². The van der Waals surface area contributed by atoms with E-state index in [1.54, 1.807) is 49.4 Å². The van der Waals surface area contributed by atoms with E-state index in [9.17, 15) is 14.4 Å². The highest BCUT2D eigenvalue weighted by atomic mass is 16.5. The third-order valence-corrected chi connectivity index (χ3v) is 4.28. The summed E-state index contributed by atoms with van der Waals surface area (Å²) in [6.45, 7) is 2.10. The Morgan fingerprint density at radius 1 is 1.03 bits per heavy atom. The van der Waals surface area contributed by atoms with Crippen LogP contribution in [0.1, 0.15) is 12.5 Å².